The van der Waals surface area contributed by atoms with Gasteiger partial charge in [-0.25, -0.2) is 9.37 Å². The quantitative estimate of drug-likeness (QED) is 0.591. The number of nitrogens with zero attached hydrogens (tertiary/aromatic N) is 5. The minimum Gasteiger partial charge on any atom is -0.361 e. The van der Waals surface area contributed by atoms with Gasteiger partial charge in [-0.05, 0) is 24.3 Å². The predicted molar refractivity (Wildman–Crippen MR) is 98.7 cm³/mol. The Labute approximate surface area is 155 Å². The molecule has 0 amide bonds. The molecule has 0 bridgehead atoms. The summed E-state index contributed by atoms with van der Waals surface area (Å²) in [5, 5.41) is 11.6. The smallest absolute Gasteiger partial charge is 0.246 e. The first-order valence-corrected chi connectivity index (χ1v) is 8.58. The van der Waals surface area contributed by atoms with Gasteiger partial charge in [-0.2, -0.15) is 14.6 Å². The van der Waals surface area contributed by atoms with Gasteiger partial charge in [0.25, 0.3) is 0 Å². The highest BCUT2D eigenvalue weighted by atomic mass is 19.1. The Balaban J connectivity index is 1.63. The Morgan fingerprint density at radius 2 is 1.89 bits per heavy atom. The van der Waals surface area contributed by atoms with Gasteiger partial charge in [0, 0.05) is 23.1 Å². The van der Waals surface area contributed by atoms with Crippen LogP contribution in [-0.2, 0) is 12.0 Å². The molecule has 1 aromatic carbocycles. The highest BCUT2D eigenvalue weighted by molar-refractivity contribution is 5.66. The Morgan fingerprint density at radius 1 is 1.11 bits per heavy atom. The van der Waals surface area contributed by atoms with Crippen LogP contribution in [0.2, 0.25) is 0 Å². The van der Waals surface area contributed by atoms with E-state index < -0.39 is 0 Å². The van der Waals surface area contributed by atoms with E-state index in [1.165, 1.54) is 12.1 Å². The Bertz CT molecular complexity index is 1080. The number of rotatable bonds is 4. The maximum atomic E-state index is 13.2. The Morgan fingerprint density at radius 3 is 2.59 bits per heavy atom. The fourth-order valence-corrected chi connectivity index (χ4v) is 2.60. The molecule has 0 unspecified atom stereocenters. The highest BCUT2D eigenvalue weighted by Gasteiger charge is 2.21. The van der Waals surface area contributed by atoms with Crippen molar-refractivity contribution >= 4 is 11.5 Å². The van der Waals surface area contributed by atoms with Gasteiger partial charge in [0.05, 0.1) is 18.4 Å². The number of hydrogen-bond acceptors (Lipinski definition) is 6. The molecule has 138 valence electrons. The second-order valence-corrected chi connectivity index (χ2v) is 7.25. The molecule has 27 heavy (non-hydrogen) atoms. The maximum absolute atomic E-state index is 13.2. The maximum Gasteiger partial charge on any atom is 0.246 e. The standard InChI is InChI=1S/C19H19FN6O/c1-19(2,3)18-24-17(27-25-18)11-21-16-10-14(12-4-6-13(20)7-5-12)23-15-8-9-22-26(15)16/h4-10,21H,11H2,1-3H3. The van der Waals surface area contributed by atoms with Crippen molar-refractivity contribution in [1.82, 2.24) is 24.7 Å². The van der Waals surface area contributed by atoms with Crippen LogP contribution in [0.1, 0.15) is 32.5 Å². The largest absolute Gasteiger partial charge is 0.361 e. The summed E-state index contributed by atoms with van der Waals surface area (Å²) in [5.74, 6) is 1.58. The van der Waals surface area contributed by atoms with E-state index in [0.29, 0.717) is 29.6 Å². The van der Waals surface area contributed by atoms with Gasteiger partial charge in [-0.3, -0.25) is 0 Å². The summed E-state index contributed by atoms with van der Waals surface area (Å²) in [6.07, 6.45) is 1.67. The zero-order chi connectivity index (χ0) is 19.0. The van der Waals surface area contributed by atoms with Crippen LogP contribution < -0.4 is 5.32 Å². The minimum absolute atomic E-state index is 0.177. The van der Waals surface area contributed by atoms with Crippen molar-refractivity contribution in [3.05, 3.63) is 60.1 Å². The number of halogens is 1. The van der Waals surface area contributed by atoms with Crippen molar-refractivity contribution in [2.45, 2.75) is 32.7 Å². The van der Waals surface area contributed by atoms with Crippen LogP contribution in [0.25, 0.3) is 16.9 Å². The lowest BCUT2D eigenvalue weighted by molar-refractivity contribution is 0.367. The summed E-state index contributed by atoms with van der Waals surface area (Å²) in [6.45, 7) is 6.44. The molecular formula is C19H19FN6O. The van der Waals surface area contributed by atoms with Gasteiger partial charge < -0.3 is 9.84 Å². The molecule has 0 atom stereocenters. The average Bonchev–Trinajstić information content (AvgIpc) is 3.29. The van der Waals surface area contributed by atoms with E-state index >= 15 is 0 Å². The summed E-state index contributed by atoms with van der Waals surface area (Å²) >= 11 is 0. The Hall–Kier alpha value is -3.29. The zero-order valence-electron chi connectivity index (χ0n) is 15.3. The average molecular weight is 366 g/mol. The molecule has 1 N–H and O–H groups in total. The van der Waals surface area contributed by atoms with Gasteiger partial charge in [-0.1, -0.05) is 25.9 Å². The molecular weight excluding hydrogens is 347 g/mol. The van der Waals surface area contributed by atoms with Crippen molar-refractivity contribution in [3.63, 3.8) is 0 Å². The number of anilines is 1. The van der Waals surface area contributed by atoms with Crippen molar-refractivity contribution in [2.24, 2.45) is 0 Å². The lowest BCUT2D eigenvalue weighted by atomic mass is 9.96. The SMILES string of the molecule is CC(C)(C)c1noc(CNc2cc(-c3ccc(F)cc3)nc3ccnn23)n1. The molecule has 0 fully saturated rings. The lowest BCUT2D eigenvalue weighted by Crippen LogP contribution is -2.13. The topological polar surface area (TPSA) is 81.1 Å². The van der Waals surface area contributed by atoms with Crippen LogP contribution in [0.5, 0.6) is 0 Å². The fourth-order valence-electron chi connectivity index (χ4n) is 2.60. The van der Waals surface area contributed by atoms with Crippen LogP contribution in [-0.4, -0.2) is 24.7 Å². The first kappa shape index (κ1) is 17.1. The molecule has 8 heteroatoms. The van der Waals surface area contributed by atoms with Crippen LogP contribution in [0.15, 0.2) is 47.1 Å². The van der Waals surface area contributed by atoms with E-state index in [4.69, 9.17) is 4.52 Å². The van der Waals surface area contributed by atoms with Gasteiger partial charge in [-0.15, -0.1) is 0 Å². The monoisotopic (exact) mass is 366 g/mol. The van der Waals surface area contributed by atoms with Crippen molar-refractivity contribution in [1.29, 1.82) is 0 Å². The molecule has 0 saturated heterocycles. The third-order valence-corrected chi connectivity index (χ3v) is 4.06. The summed E-state index contributed by atoms with van der Waals surface area (Å²) < 4.78 is 20.2. The second kappa shape index (κ2) is 6.46. The summed E-state index contributed by atoms with van der Waals surface area (Å²) in [6, 6.07) is 9.88. The summed E-state index contributed by atoms with van der Waals surface area (Å²) in [5.41, 5.74) is 2.03. The van der Waals surface area contributed by atoms with E-state index in [2.05, 4.69) is 25.5 Å². The van der Waals surface area contributed by atoms with E-state index in [1.54, 1.807) is 22.8 Å². The first-order valence-electron chi connectivity index (χ1n) is 8.58. The van der Waals surface area contributed by atoms with Gasteiger partial charge in [0.15, 0.2) is 11.5 Å². The highest BCUT2D eigenvalue weighted by Crippen LogP contribution is 2.23. The number of hydrogen-bond donors (Lipinski definition) is 1. The van der Waals surface area contributed by atoms with E-state index in [1.807, 2.05) is 32.9 Å². The molecule has 3 aromatic heterocycles. The van der Waals surface area contributed by atoms with Crippen molar-refractivity contribution in [2.75, 3.05) is 5.32 Å². The van der Waals surface area contributed by atoms with Crippen LogP contribution >= 0.6 is 0 Å². The third kappa shape index (κ3) is 3.51. The number of benzene rings is 1. The normalized spacial score (nSPS) is 11.9. The molecule has 0 spiro atoms. The van der Waals surface area contributed by atoms with Crippen molar-refractivity contribution in [3.8, 4) is 11.3 Å². The second-order valence-electron chi connectivity index (χ2n) is 7.25. The van der Waals surface area contributed by atoms with Crippen LogP contribution in [0, 0.1) is 5.82 Å². The predicted octanol–water partition coefficient (Wildman–Crippen LogP) is 3.83. The molecule has 0 aliphatic heterocycles. The number of nitrogens with one attached hydrogen (secondary N) is 1. The van der Waals surface area contributed by atoms with Crippen LogP contribution in [0.3, 0.4) is 0 Å². The van der Waals surface area contributed by atoms with Gasteiger partial charge in [0.1, 0.15) is 11.6 Å². The van der Waals surface area contributed by atoms with Gasteiger partial charge >= 0.3 is 0 Å². The van der Waals surface area contributed by atoms with E-state index in [0.717, 1.165) is 11.4 Å². The van der Waals surface area contributed by atoms with E-state index in [9.17, 15) is 4.39 Å². The van der Waals surface area contributed by atoms with Crippen molar-refractivity contribution < 1.29 is 8.91 Å². The number of fused-ring (bicyclic) bond motifs is 1. The third-order valence-electron chi connectivity index (χ3n) is 4.06. The van der Waals surface area contributed by atoms with E-state index in [-0.39, 0.29) is 11.2 Å². The summed E-state index contributed by atoms with van der Waals surface area (Å²) in [7, 11) is 0. The lowest BCUT2D eigenvalue weighted by Gasteiger charge is -2.11. The van der Waals surface area contributed by atoms with Crippen LogP contribution in [0.4, 0.5) is 10.2 Å². The Kier molecular flexibility index (Phi) is 4.10. The first-order chi connectivity index (χ1) is 12.9. The molecule has 0 saturated carbocycles. The minimum atomic E-state index is -0.284. The van der Waals surface area contributed by atoms with Gasteiger partial charge in [0.2, 0.25) is 5.89 Å². The molecule has 4 aromatic rings. The number of aromatic nitrogens is 5. The molecule has 0 radical (unpaired) electrons. The zero-order valence-corrected chi connectivity index (χ0v) is 15.3. The fraction of sp³-hybridized carbons (Fsp3) is 0.263. The molecule has 4 rings (SSSR count). The molecule has 0 aliphatic rings. The molecule has 3 heterocycles. The molecule has 7 nitrogen and oxygen atoms in total. The summed E-state index contributed by atoms with van der Waals surface area (Å²) in [4.78, 5) is 9.00. The molecule has 0 aliphatic carbocycles.